The molecule has 2 aromatic heterocycles. The first kappa shape index (κ1) is 11.6. The second kappa shape index (κ2) is 5.04. The Bertz CT molecular complexity index is 511. The Kier molecular flexibility index (Phi) is 3.25. The summed E-state index contributed by atoms with van der Waals surface area (Å²) in [6.45, 7) is 0.815. The van der Waals surface area contributed by atoms with Crippen molar-refractivity contribution in [1.29, 1.82) is 0 Å². The van der Waals surface area contributed by atoms with E-state index in [2.05, 4.69) is 31.7 Å². The average Bonchev–Trinajstić information content (AvgIpc) is 3.13. The van der Waals surface area contributed by atoms with E-state index in [1.165, 1.54) is 18.4 Å². The SMILES string of the molecule is OCc1cncc(N(Cc2ccsc2)C2CC2)n1. The zero-order valence-electron chi connectivity index (χ0n) is 9.99. The summed E-state index contributed by atoms with van der Waals surface area (Å²) in [6.07, 6.45) is 5.83. The first-order valence-electron chi connectivity index (χ1n) is 6.06. The van der Waals surface area contributed by atoms with Gasteiger partial charge in [0.15, 0.2) is 0 Å². The highest BCUT2D eigenvalue weighted by atomic mass is 32.1. The number of aromatic nitrogens is 2. The Morgan fingerprint density at radius 2 is 2.28 bits per heavy atom. The predicted octanol–water partition coefficient (Wildman–Crippen LogP) is 2.20. The van der Waals surface area contributed by atoms with Crippen LogP contribution >= 0.6 is 11.3 Å². The fraction of sp³-hybridized carbons (Fsp3) is 0.385. The molecule has 1 N–H and O–H groups in total. The molecule has 0 radical (unpaired) electrons. The first-order valence-corrected chi connectivity index (χ1v) is 7.00. The zero-order chi connectivity index (χ0) is 12.4. The monoisotopic (exact) mass is 261 g/mol. The van der Waals surface area contributed by atoms with Gasteiger partial charge in [-0.1, -0.05) is 0 Å². The summed E-state index contributed by atoms with van der Waals surface area (Å²) in [4.78, 5) is 10.9. The van der Waals surface area contributed by atoms with E-state index in [9.17, 15) is 0 Å². The van der Waals surface area contributed by atoms with Gasteiger partial charge in [0.05, 0.1) is 24.7 Å². The molecule has 0 aromatic carbocycles. The summed E-state index contributed by atoms with van der Waals surface area (Å²) in [5.41, 5.74) is 1.94. The number of hydrogen-bond donors (Lipinski definition) is 1. The van der Waals surface area contributed by atoms with E-state index in [4.69, 9.17) is 5.11 Å². The van der Waals surface area contributed by atoms with Crippen LogP contribution in [0.1, 0.15) is 24.1 Å². The Morgan fingerprint density at radius 3 is 2.94 bits per heavy atom. The second-order valence-electron chi connectivity index (χ2n) is 4.52. The molecule has 2 heterocycles. The summed E-state index contributed by atoms with van der Waals surface area (Å²) in [7, 11) is 0. The lowest BCUT2D eigenvalue weighted by Gasteiger charge is -2.23. The predicted molar refractivity (Wildman–Crippen MR) is 71.5 cm³/mol. The lowest BCUT2D eigenvalue weighted by molar-refractivity contribution is 0.276. The van der Waals surface area contributed by atoms with Gasteiger partial charge in [-0.3, -0.25) is 4.98 Å². The van der Waals surface area contributed by atoms with Crippen LogP contribution < -0.4 is 4.90 Å². The number of nitrogens with zero attached hydrogens (tertiary/aromatic N) is 3. The molecular formula is C13H15N3OS. The Hall–Kier alpha value is -1.46. The lowest BCUT2D eigenvalue weighted by Crippen LogP contribution is -2.26. The maximum absolute atomic E-state index is 9.14. The van der Waals surface area contributed by atoms with Crippen molar-refractivity contribution in [2.45, 2.75) is 32.0 Å². The molecule has 1 aliphatic carbocycles. The Balaban J connectivity index is 1.84. The van der Waals surface area contributed by atoms with Gasteiger partial charge < -0.3 is 10.0 Å². The highest BCUT2D eigenvalue weighted by Crippen LogP contribution is 2.32. The maximum Gasteiger partial charge on any atom is 0.148 e. The van der Waals surface area contributed by atoms with E-state index in [1.54, 1.807) is 23.7 Å². The third kappa shape index (κ3) is 2.52. The number of rotatable bonds is 5. The van der Waals surface area contributed by atoms with Gasteiger partial charge in [0.1, 0.15) is 5.82 Å². The summed E-state index contributed by atoms with van der Waals surface area (Å²) < 4.78 is 0. The maximum atomic E-state index is 9.14. The summed E-state index contributed by atoms with van der Waals surface area (Å²) in [5.74, 6) is 0.871. The normalized spacial score (nSPS) is 14.7. The molecule has 1 aliphatic rings. The van der Waals surface area contributed by atoms with Gasteiger partial charge in [-0.2, -0.15) is 11.3 Å². The van der Waals surface area contributed by atoms with Gasteiger partial charge in [0.25, 0.3) is 0 Å². The van der Waals surface area contributed by atoms with Crippen molar-refractivity contribution in [3.05, 3.63) is 40.5 Å². The highest BCUT2D eigenvalue weighted by Gasteiger charge is 2.30. The topological polar surface area (TPSA) is 49.3 Å². The molecule has 0 aliphatic heterocycles. The minimum absolute atomic E-state index is 0.0577. The lowest BCUT2D eigenvalue weighted by atomic mass is 10.3. The summed E-state index contributed by atoms with van der Waals surface area (Å²) in [5, 5.41) is 13.4. The van der Waals surface area contributed by atoms with Crippen LogP contribution in [0.3, 0.4) is 0 Å². The number of thiophene rings is 1. The van der Waals surface area contributed by atoms with E-state index in [0.717, 1.165) is 12.4 Å². The average molecular weight is 261 g/mol. The molecule has 1 saturated carbocycles. The van der Waals surface area contributed by atoms with E-state index in [0.29, 0.717) is 11.7 Å². The first-order chi connectivity index (χ1) is 8.86. The number of aliphatic hydroxyl groups is 1. The Labute approximate surface area is 110 Å². The van der Waals surface area contributed by atoms with E-state index < -0.39 is 0 Å². The van der Waals surface area contributed by atoms with Gasteiger partial charge >= 0.3 is 0 Å². The number of aliphatic hydroxyl groups excluding tert-OH is 1. The molecule has 5 heteroatoms. The fourth-order valence-electron chi connectivity index (χ4n) is 1.97. The van der Waals surface area contributed by atoms with Gasteiger partial charge in [0.2, 0.25) is 0 Å². The smallest absolute Gasteiger partial charge is 0.148 e. The molecular weight excluding hydrogens is 246 g/mol. The van der Waals surface area contributed by atoms with Crippen LogP contribution in [0.4, 0.5) is 5.82 Å². The standard InChI is InChI=1S/C13H15N3OS/c17-8-11-5-14-6-13(15-11)16(12-1-2-12)7-10-3-4-18-9-10/h3-6,9,12,17H,1-2,7-8H2. The van der Waals surface area contributed by atoms with Crippen LogP contribution in [0.15, 0.2) is 29.2 Å². The minimum Gasteiger partial charge on any atom is -0.390 e. The van der Waals surface area contributed by atoms with Crippen LogP contribution in [-0.4, -0.2) is 21.1 Å². The fourth-order valence-corrected chi connectivity index (χ4v) is 2.63. The zero-order valence-corrected chi connectivity index (χ0v) is 10.8. The van der Waals surface area contributed by atoms with Crippen molar-refractivity contribution < 1.29 is 5.11 Å². The summed E-state index contributed by atoms with van der Waals surface area (Å²) in [6, 6.07) is 2.72. The van der Waals surface area contributed by atoms with Gasteiger partial charge in [0, 0.05) is 12.6 Å². The molecule has 4 nitrogen and oxygen atoms in total. The largest absolute Gasteiger partial charge is 0.390 e. The molecule has 3 rings (SSSR count). The Morgan fingerprint density at radius 1 is 1.39 bits per heavy atom. The second-order valence-corrected chi connectivity index (χ2v) is 5.30. The van der Waals surface area contributed by atoms with Crippen molar-refractivity contribution >= 4 is 17.2 Å². The van der Waals surface area contributed by atoms with E-state index >= 15 is 0 Å². The van der Waals surface area contributed by atoms with Crippen molar-refractivity contribution in [3.8, 4) is 0 Å². The van der Waals surface area contributed by atoms with Crippen molar-refractivity contribution in [2.24, 2.45) is 0 Å². The van der Waals surface area contributed by atoms with Crippen molar-refractivity contribution in [1.82, 2.24) is 9.97 Å². The van der Waals surface area contributed by atoms with Crippen molar-refractivity contribution in [3.63, 3.8) is 0 Å². The van der Waals surface area contributed by atoms with Crippen LogP contribution in [0.5, 0.6) is 0 Å². The summed E-state index contributed by atoms with van der Waals surface area (Å²) >= 11 is 1.71. The molecule has 2 aromatic rings. The van der Waals surface area contributed by atoms with Gasteiger partial charge in [-0.15, -0.1) is 0 Å². The quantitative estimate of drug-likeness (QED) is 0.896. The van der Waals surface area contributed by atoms with Crippen LogP contribution in [-0.2, 0) is 13.2 Å². The van der Waals surface area contributed by atoms with Gasteiger partial charge in [-0.25, -0.2) is 4.98 Å². The molecule has 0 saturated heterocycles. The van der Waals surface area contributed by atoms with Gasteiger partial charge in [-0.05, 0) is 35.2 Å². The number of hydrogen-bond acceptors (Lipinski definition) is 5. The van der Waals surface area contributed by atoms with Crippen LogP contribution in [0.25, 0.3) is 0 Å². The third-order valence-corrected chi connectivity index (χ3v) is 3.78. The molecule has 0 spiro atoms. The molecule has 0 unspecified atom stereocenters. The molecule has 94 valence electrons. The molecule has 18 heavy (non-hydrogen) atoms. The van der Waals surface area contributed by atoms with E-state index in [-0.39, 0.29) is 6.61 Å². The van der Waals surface area contributed by atoms with E-state index in [1.807, 2.05) is 0 Å². The minimum atomic E-state index is -0.0577. The molecule has 0 amide bonds. The molecule has 0 bridgehead atoms. The molecule has 0 atom stereocenters. The molecule has 1 fully saturated rings. The third-order valence-electron chi connectivity index (χ3n) is 3.05. The number of anilines is 1. The van der Waals surface area contributed by atoms with Crippen molar-refractivity contribution in [2.75, 3.05) is 4.90 Å². The van der Waals surface area contributed by atoms with Crippen LogP contribution in [0, 0.1) is 0 Å². The van der Waals surface area contributed by atoms with Crippen LogP contribution in [0.2, 0.25) is 0 Å². The highest BCUT2D eigenvalue weighted by molar-refractivity contribution is 7.07.